The molecule has 8 heteroatoms. The van der Waals surface area contributed by atoms with Crippen LogP contribution in [-0.4, -0.2) is 30.2 Å². The molecule has 3 aromatic carbocycles. The Balaban J connectivity index is 2.06. The molecule has 0 aliphatic heterocycles. The van der Waals surface area contributed by atoms with E-state index in [-0.39, 0.29) is 21.7 Å². The number of hydrogen-bond donors (Lipinski definition) is 0. The van der Waals surface area contributed by atoms with Gasteiger partial charge in [-0.05, 0) is 26.0 Å². The molecule has 3 aromatic rings. The summed E-state index contributed by atoms with van der Waals surface area (Å²) >= 11 is 0. The standard InChI is InChI=1S/C24H21NO6S/c1-16-6-10-18(11-7-16)22(26)15-23(32(30,31)21-12-8-17(2)9-13-21)24(27)19-4-3-5-20(14-19)25(28)29/h3-14,23H,15H2,1-2H3/t23-/m1/s1. The molecule has 32 heavy (non-hydrogen) atoms. The summed E-state index contributed by atoms with van der Waals surface area (Å²) in [6, 6.07) is 17.4. The van der Waals surface area contributed by atoms with Crippen molar-refractivity contribution in [1.29, 1.82) is 0 Å². The summed E-state index contributed by atoms with van der Waals surface area (Å²) in [5.74, 6) is -1.38. The van der Waals surface area contributed by atoms with Crippen molar-refractivity contribution in [1.82, 2.24) is 0 Å². The van der Waals surface area contributed by atoms with Crippen LogP contribution < -0.4 is 0 Å². The maximum atomic E-state index is 13.4. The first-order valence-corrected chi connectivity index (χ1v) is 11.3. The van der Waals surface area contributed by atoms with Crippen LogP contribution in [0.4, 0.5) is 5.69 Å². The van der Waals surface area contributed by atoms with Gasteiger partial charge in [0.2, 0.25) is 0 Å². The average molecular weight is 452 g/mol. The van der Waals surface area contributed by atoms with Gasteiger partial charge in [-0.3, -0.25) is 19.7 Å². The SMILES string of the molecule is Cc1ccc(C(=O)C[C@H](C(=O)c2cccc([N+](=O)[O-])c2)S(=O)(=O)c2ccc(C)cc2)cc1. The Morgan fingerprint density at radius 1 is 0.875 bits per heavy atom. The minimum absolute atomic E-state index is 0.0939. The number of nitro groups is 1. The highest BCUT2D eigenvalue weighted by molar-refractivity contribution is 7.92. The van der Waals surface area contributed by atoms with Gasteiger partial charge in [0.05, 0.1) is 9.82 Å². The monoisotopic (exact) mass is 451 g/mol. The lowest BCUT2D eigenvalue weighted by molar-refractivity contribution is -0.384. The Bertz CT molecular complexity index is 1280. The molecule has 0 fully saturated rings. The largest absolute Gasteiger partial charge is 0.294 e. The van der Waals surface area contributed by atoms with Crippen molar-refractivity contribution in [3.05, 3.63) is 105 Å². The van der Waals surface area contributed by atoms with E-state index in [4.69, 9.17) is 0 Å². The van der Waals surface area contributed by atoms with E-state index in [2.05, 4.69) is 0 Å². The number of ketones is 2. The smallest absolute Gasteiger partial charge is 0.270 e. The zero-order valence-corrected chi connectivity index (χ0v) is 18.3. The van der Waals surface area contributed by atoms with Crippen LogP contribution >= 0.6 is 0 Å². The van der Waals surface area contributed by atoms with Gasteiger partial charge in [0.15, 0.2) is 21.4 Å². The summed E-state index contributed by atoms with van der Waals surface area (Å²) in [5.41, 5.74) is 1.56. The molecular weight excluding hydrogens is 430 g/mol. The van der Waals surface area contributed by atoms with Crippen molar-refractivity contribution in [3.63, 3.8) is 0 Å². The van der Waals surface area contributed by atoms with Crippen molar-refractivity contribution < 1.29 is 22.9 Å². The second kappa shape index (κ2) is 9.23. The molecule has 1 atom stereocenters. The fourth-order valence-electron chi connectivity index (χ4n) is 3.22. The Morgan fingerprint density at radius 2 is 1.44 bits per heavy atom. The number of rotatable bonds is 8. The van der Waals surface area contributed by atoms with Gasteiger partial charge in [0.1, 0.15) is 5.25 Å². The molecule has 0 aliphatic carbocycles. The van der Waals surface area contributed by atoms with E-state index in [1.807, 2.05) is 6.92 Å². The molecule has 164 valence electrons. The van der Waals surface area contributed by atoms with Crippen LogP contribution in [0.3, 0.4) is 0 Å². The number of Topliss-reactive ketones (excluding diaryl/α,β-unsaturated/α-hetero) is 2. The molecule has 0 saturated heterocycles. The van der Waals surface area contributed by atoms with Crippen molar-refractivity contribution in [2.45, 2.75) is 30.4 Å². The van der Waals surface area contributed by atoms with Crippen LogP contribution in [0.15, 0.2) is 77.7 Å². The first-order chi connectivity index (χ1) is 15.1. The minimum Gasteiger partial charge on any atom is -0.294 e. The van der Waals surface area contributed by atoms with Gasteiger partial charge in [-0.15, -0.1) is 0 Å². The summed E-state index contributed by atoms with van der Waals surface area (Å²) in [4.78, 5) is 36.5. The number of benzene rings is 3. The van der Waals surface area contributed by atoms with Crippen LogP contribution in [-0.2, 0) is 9.84 Å². The van der Waals surface area contributed by atoms with Gasteiger partial charge < -0.3 is 0 Å². The molecular formula is C24H21NO6S. The number of carbonyl (C=O) groups excluding carboxylic acids is 2. The predicted octanol–water partition coefficient (Wildman–Crippen LogP) is 4.51. The van der Waals surface area contributed by atoms with Crippen molar-refractivity contribution >= 4 is 27.1 Å². The van der Waals surface area contributed by atoms with E-state index in [9.17, 15) is 28.1 Å². The normalized spacial score (nSPS) is 12.2. The molecule has 0 saturated carbocycles. The van der Waals surface area contributed by atoms with Gasteiger partial charge >= 0.3 is 0 Å². The number of aryl methyl sites for hydroxylation is 2. The van der Waals surface area contributed by atoms with Gasteiger partial charge in [-0.25, -0.2) is 8.42 Å². The van der Waals surface area contributed by atoms with Gasteiger partial charge in [0, 0.05) is 29.7 Å². The fourth-order valence-corrected chi connectivity index (χ4v) is 4.85. The summed E-state index contributed by atoms with van der Waals surface area (Å²) in [7, 11) is -4.25. The second-order valence-electron chi connectivity index (χ2n) is 7.51. The first kappa shape index (κ1) is 23.0. The lowest BCUT2D eigenvalue weighted by Gasteiger charge is -2.17. The third-order valence-corrected chi connectivity index (χ3v) is 7.16. The molecule has 0 N–H and O–H groups in total. The molecule has 0 spiro atoms. The maximum absolute atomic E-state index is 13.4. The molecule has 0 aliphatic rings. The number of carbonyl (C=O) groups is 2. The Morgan fingerprint density at radius 3 is 2.00 bits per heavy atom. The van der Waals surface area contributed by atoms with E-state index in [0.717, 1.165) is 17.2 Å². The number of hydrogen-bond acceptors (Lipinski definition) is 6. The van der Waals surface area contributed by atoms with E-state index >= 15 is 0 Å². The topological polar surface area (TPSA) is 111 Å². The Labute approximate surface area is 185 Å². The first-order valence-electron chi connectivity index (χ1n) is 9.78. The summed E-state index contributed by atoms with van der Waals surface area (Å²) < 4.78 is 26.8. The van der Waals surface area contributed by atoms with Gasteiger partial charge in [-0.1, -0.05) is 59.7 Å². The molecule has 0 bridgehead atoms. The zero-order valence-electron chi connectivity index (χ0n) is 17.5. The summed E-state index contributed by atoms with van der Waals surface area (Å²) in [6.07, 6.45) is -0.583. The third-order valence-electron chi connectivity index (χ3n) is 5.10. The van der Waals surface area contributed by atoms with E-state index in [1.54, 1.807) is 43.3 Å². The number of nitro benzene ring substituents is 1. The lowest BCUT2D eigenvalue weighted by atomic mass is 10.00. The van der Waals surface area contributed by atoms with E-state index < -0.39 is 38.0 Å². The number of nitrogens with zero attached hydrogens (tertiary/aromatic N) is 1. The Kier molecular flexibility index (Phi) is 6.64. The molecule has 0 amide bonds. The molecule has 0 heterocycles. The third kappa shape index (κ3) is 4.97. The molecule has 7 nitrogen and oxygen atoms in total. The van der Waals surface area contributed by atoms with Crippen LogP contribution in [0.2, 0.25) is 0 Å². The minimum atomic E-state index is -4.25. The highest BCUT2D eigenvalue weighted by Crippen LogP contribution is 2.25. The molecule has 3 rings (SSSR count). The fraction of sp³-hybridized carbons (Fsp3) is 0.167. The predicted molar refractivity (Wildman–Crippen MR) is 120 cm³/mol. The van der Waals surface area contributed by atoms with Crippen molar-refractivity contribution in [2.75, 3.05) is 0 Å². The second-order valence-corrected chi connectivity index (χ2v) is 9.64. The van der Waals surface area contributed by atoms with Crippen LogP contribution in [0.1, 0.15) is 38.3 Å². The van der Waals surface area contributed by atoms with E-state index in [0.29, 0.717) is 0 Å². The van der Waals surface area contributed by atoms with Crippen molar-refractivity contribution in [2.24, 2.45) is 0 Å². The quantitative estimate of drug-likeness (QED) is 0.283. The lowest BCUT2D eigenvalue weighted by Crippen LogP contribution is -2.33. The number of non-ortho nitro benzene ring substituents is 1. The van der Waals surface area contributed by atoms with Crippen LogP contribution in [0.25, 0.3) is 0 Å². The maximum Gasteiger partial charge on any atom is 0.270 e. The van der Waals surface area contributed by atoms with Crippen molar-refractivity contribution in [3.8, 4) is 0 Å². The molecule has 0 radical (unpaired) electrons. The summed E-state index contributed by atoms with van der Waals surface area (Å²) in [6.45, 7) is 3.65. The number of sulfone groups is 1. The van der Waals surface area contributed by atoms with Crippen LogP contribution in [0.5, 0.6) is 0 Å². The highest BCUT2D eigenvalue weighted by atomic mass is 32.2. The molecule has 0 aromatic heterocycles. The Hall–Kier alpha value is -3.65. The van der Waals surface area contributed by atoms with Gasteiger partial charge in [0.25, 0.3) is 5.69 Å². The zero-order chi connectivity index (χ0) is 23.5. The average Bonchev–Trinajstić information content (AvgIpc) is 2.77. The van der Waals surface area contributed by atoms with E-state index in [1.165, 1.54) is 30.3 Å². The highest BCUT2D eigenvalue weighted by Gasteiger charge is 2.37. The van der Waals surface area contributed by atoms with Crippen LogP contribution in [0, 0.1) is 24.0 Å². The summed E-state index contributed by atoms with van der Waals surface area (Å²) in [5, 5.41) is 9.39. The molecule has 0 unspecified atom stereocenters. The van der Waals surface area contributed by atoms with Gasteiger partial charge in [-0.2, -0.15) is 0 Å².